The maximum absolute atomic E-state index is 12.6. The first-order valence-corrected chi connectivity index (χ1v) is 8.45. The van der Waals surface area contributed by atoms with E-state index in [4.69, 9.17) is 0 Å². The highest BCUT2D eigenvalue weighted by Gasteiger charge is 2.14. The van der Waals surface area contributed by atoms with Crippen LogP contribution in [0.5, 0.6) is 0 Å². The number of rotatable bonds is 7. The fourth-order valence-electron chi connectivity index (χ4n) is 2.87. The maximum Gasteiger partial charge on any atom is 0.252 e. The molecule has 1 amide bonds. The lowest BCUT2D eigenvalue weighted by Gasteiger charge is -2.16. The molecule has 0 aliphatic carbocycles. The quantitative estimate of drug-likeness (QED) is 0.850. The molecular formula is C19H26N2O2. The first kappa shape index (κ1) is 17.3. The molecule has 2 aromatic rings. The molecule has 1 aromatic heterocycles. The van der Waals surface area contributed by atoms with Crippen LogP contribution in [0.2, 0.25) is 0 Å². The third-order valence-electron chi connectivity index (χ3n) is 4.49. The standard InChI is InChI=1S/C19H26N2O2/c1-4-6-9-14(5-2)13-20-19(23)16-12-18(22)21(3)17-11-8-7-10-15(16)17/h7-8,10-12,14H,4-6,9,13H2,1-3H3,(H,20,23). The van der Waals surface area contributed by atoms with Crippen LogP contribution in [0.25, 0.3) is 10.9 Å². The molecule has 1 heterocycles. The first-order chi connectivity index (χ1) is 11.1. The summed E-state index contributed by atoms with van der Waals surface area (Å²) in [6, 6.07) is 8.95. The van der Waals surface area contributed by atoms with Crippen LogP contribution in [0.4, 0.5) is 0 Å². The number of aryl methyl sites for hydroxylation is 1. The van der Waals surface area contributed by atoms with E-state index in [0.717, 1.165) is 23.7 Å². The third-order valence-corrected chi connectivity index (χ3v) is 4.49. The molecule has 2 rings (SSSR count). The molecule has 4 nitrogen and oxygen atoms in total. The summed E-state index contributed by atoms with van der Waals surface area (Å²) < 4.78 is 1.57. The van der Waals surface area contributed by atoms with E-state index < -0.39 is 0 Å². The second-order valence-electron chi connectivity index (χ2n) is 6.10. The Bertz CT molecular complexity index is 734. The summed E-state index contributed by atoms with van der Waals surface area (Å²) >= 11 is 0. The van der Waals surface area contributed by atoms with Crippen molar-refractivity contribution in [1.29, 1.82) is 0 Å². The van der Waals surface area contributed by atoms with Crippen molar-refractivity contribution in [2.24, 2.45) is 13.0 Å². The Morgan fingerprint density at radius 1 is 1.26 bits per heavy atom. The highest BCUT2D eigenvalue weighted by Crippen LogP contribution is 2.17. The average molecular weight is 314 g/mol. The maximum atomic E-state index is 12.6. The van der Waals surface area contributed by atoms with Gasteiger partial charge in [0.05, 0.1) is 11.1 Å². The Morgan fingerprint density at radius 2 is 2.00 bits per heavy atom. The molecular weight excluding hydrogens is 288 g/mol. The molecule has 0 aliphatic rings. The van der Waals surface area contributed by atoms with Crippen molar-refractivity contribution >= 4 is 16.8 Å². The number of unbranched alkanes of at least 4 members (excludes halogenated alkanes) is 1. The van der Waals surface area contributed by atoms with E-state index in [-0.39, 0.29) is 11.5 Å². The SMILES string of the molecule is CCCCC(CC)CNC(=O)c1cc(=O)n(C)c2ccccc12. The molecule has 0 saturated heterocycles. The van der Waals surface area contributed by atoms with Crippen LogP contribution in [0.15, 0.2) is 35.1 Å². The van der Waals surface area contributed by atoms with E-state index in [1.54, 1.807) is 11.6 Å². The molecule has 1 atom stereocenters. The predicted octanol–water partition coefficient (Wildman–Crippen LogP) is 3.48. The van der Waals surface area contributed by atoms with Crippen molar-refractivity contribution in [3.05, 3.63) is 46.2 Å². The van der Waals surface area contributed by atoms with Crippen LogP contribution < -0.4 is 10.9 Å². The summed E-state index contributed by atoms with van der Waals surface area (Å²) in [5.41, 5.74) is 1.09. The van der Waals surface area contributed by atoms with Gasteiger partial charge in [-0.3, -0.25) is 9.59 Å². The number of pyridine rings is 1. The number of para-hydroxylation sites is 1. The van der Waals surface area contributed by atoms with Gasteiger partial charge in [0.2, 0.25) is 0 Å². The first-order valence-electron chi connectivity index (χ1n) is 8.45. The van der Waals surface area contributed by atoms with E-state index in [1.165, 1.54) is 18.9 Å². The lowest BCUT2D eigenvalue weighted by atomic mass is 9.99. The molecule has 0 bridgehead atoms. The molecule has 0 fully saturated rings. The molecule has 1 unspecified atom stereocenters. The average Bonchev–Trinajstić information content (AvgIpc) is 2.58. The van der Waals surface area contributed by atoms with Gasteiger partial charge in [-0.05, 0) is 18.4 Å². The van der Waals surface area contributed by atoms with Crippen LogP contribution in [0.1, 0.15) is 49.9 Å². The molecule has 0 radical (unpaired) electrons. The fourth-order valence-corrected chi connectivity index (χ4v) is 2.87. The highest BCUT2D eigenvalue weighted by atomic mass is 16.2. The zero-order chi connectivity index (χ0) is 16.8. The van der Waals surface area contributed by atoms with Gasteiger partial charge in [-0.15, -0.1) is 0 Å². The van der Waals surface area contributed by atoms with Gasteiger partial charge in [-0.1, -0.05) is 51.3 Å². The normalized spacial score (nSPS) is 12.3. The van der Waals surface area contributed by atoms with Gasteiger partial charge in [0.25, 0.3) is 11.5 Å². The van der Waals surface area contributed by atoms with Crippen LogP contribution in [-0.4, -0.2) is 17.0 Å². The van der Waals surface area contributed by atoms with Gasteiger partial charge in [0.15, 0.2) is 0 Å². The zero-order valence-electron chi connectivity index (χ0n) is 14.3. The molecule has 4 heteroatoms. The second-order valence-corrected chi connectivity index (χ2v) is 6.10. The van der Waals surface area contributed by atoms with E-state index in [0.29, 0.717) is 18.0 Å². The zero-order valence-corrected chi connectivity index (χ0v) is 14.3. The number of aromatic nitrogens is 1. The molecule has 0 spiro atoms. The van der Waals surface area contributed by atoms with Crippen molar-refractivity contribution in [3.8, 4) is 0 Å². The van der Waals surface area contributed by atoms with Crippen molar-refractivity contribution < 1.29 is 4.79 Å². The number of hydrogen-bond donors (Lipinski definition) is 1. The van der Waals surface area contributed by atoms with Crippen molar-refractivity contribution in [2.45, 2.75) is 39.5 Å². The predicted molar refractivity (Wildman–Crippen MR) is 94.8 cm³/mol. The van der Waals surface area contributed by atoms with Gasteiger partial charge in [0.1, 0.15) is 0 Å². The number of amides is 1. The number of hydrogen-bond acceptors (Lipinski definition) is 2. The Labute approximate surface area is 137 Å². The largest absolute Gasteiger partial charge is 0.352 e. The number of carbonyl (C=O) groups excluding carboxylic acids is 1. The minimum Gasteiger partial charge on any atom is -0.352 e. The molecule has 1 aromatic carbocycles. The van der Waals surface area contributed by atoms with E-state index in [2.05, 4.69) is 19.2 Å². The van der Waals surface area contributed by atoms with Gasteiger partial charge in [-0.25, -0.2) is 0 Å². The van der Waals surface area contributed by atoms with Crippen molar-refractivity contribution in [3.63, 3.8) is 0 Å². The lowest BCUT2D eigenvalue weighted by Crippen LogP contribution is -2.31. The Morgan fingerprint density at radius 3 is 2.70 bits per heavy atom. The van der Waals surface area contributed by atoms with Gasteiger partial charge in [-0.2, -0.15) is 0 Å². The van der Waals surface area contributed by atoms with Gasteiger partial charge in [0, 0.05) is 25.0 Å². The summed E-state index contributed by atoms with van der Waals surface area (Å²) in [5, 5.41) is 3.82. The van der Waals surface area contributed by atoms with Gasteiger partial charge < -0.3 is 9.88 Å². The van der Waals surface area contributed by atoms with E-state index >= 15 is 0 Å². The van der Waals surface area contributed by atoms with Crippen LogP contribution >= 0.6 is 0 Å². The Kier molecular flexibility index (Phi) is 5.97. The Hall–Kier alpha value is -2.10. The number of carbonyl (C=O) groups is 1. The number of nitrogens with one attached hydrogen (secondary N) is 1. The molecule has 1 N–H and O–H groups in total. The van der Waals surface area contributed by atoms with E-state index in [1.807, 2.05) is 24.3 Å². The van der Waals surface area contributed by atoms with Gasteiger partial charge >= 0.3 is 0 Å². The van der Waals surface area contributed by atoms with E-state index in [9.17, 15) is 9.59 Å². The molecule has 124 valence electrons. The summed E-state index contributed by atoms with van der Waals surface area (Å²) in [7, 11) is 1.73. The number of fused-ring (bicyclic) bond motifs is 1. The highest BCUT2D eigenvalue weighted by molar-refractivity contribution is 6.06. The smallest absolute Gasteiger partial charge is 0.252 e. The van der Waals surface area contributed by atoms with Crippen molar-refractivity contribution in [2.75, 3.05) is 6.54 Å². The summed E-state index contributed by atoms with van der Waals surface area (Å²) in [5.74, 6) is 0.338. The summed E-state index contributed by atoms with van der Waals surface area (Å²) in [4.78, 5) is 24.6. The van der Waals surface area contributed by atoms with Crippen LogP contribution in [0, 0.1) is 5.92 Å². The Balaban J connectivity index is 2.21. The topological polar surface area (TPSA) is 51.1 Å². The molecule has 0 saturated carbocycles. The fraction of sp³-hybridized carbons (Fsp3) is 0.474. The summed E-state index contributed by atoms with van der Waals surface area (Å²) in [6.45, 7) is 5.00. The minimum absolute atomic E-state index is 0.158. The third kappa shape index (κ3) is 4.01. The van der Waals surface area contributed by atoms with Crippen molar-refractivity contribution in [1.82, 2.24) is 9.88 Å². The lowest BCUT2D eigenvalue weighted by molar-refractivity contribution is 0.0947. The number of benzene rings is 1. The minimum atomic E-state index is -0.160. The molecule has 0 aliphatic heterocycles. The number of nitrogens with zero attached hydrogens (tertiary/aromatic N) is 1. The monoisotopic (exact) mass is 314 g/mol. The second kappa shape index (κ2) is 7.95. The van der Waals surface area contributed by atoms with Crippen LogP contribution in [-0.2, 0) is 7.05 Å². The van der Waals surface area contributed by atoms with Crippen LogP contribution in [0.3, 0.4) is 0 Å². The summed E-state index contributed by atoms with van der Waals surface area (Å²) in [6.07, 6.45) is 4.54. The molecule has 23 heavy (non-hydrogen) atoms.